The molecule has 0 radical (unpaired) electrons. The zero-order valence-corrected chi connectivity index (χ0v) is 9.90. The molecule has 0 fully saturated rings. The highest BCUT2D eigenvalue weighted by Crippen LogP contribution is 2.19. The molecule has 0 aromatic heterocycles. The van der Waals surface area contributed by atoms with Gasteiger partial charge in [0.05, 0.1) is 0 Å². The van der Waals surface area contributed by atoms with Crippen LogP contribution in [0.5, 0.6) is 5.75 Å². The lowest BCUT2D eigenvalue weighted by molar-refractivity contribution is -0.154. The molecular formula is C11H14ClNO3. The van der Waals surface area contributed by atoms with E-state index in [1.165, 1.54) is 0 Å². The number of rotatable bonds is 4. The van der Waals surface area contributed by atoms with E-state index in [0.29, 0.717) is 10.8 Å². The predicted molar refractivity (Wildman–Crippen MR) is 61.0 cm³/mol. The van der Waals surface area contributed by atoms with Gasteiger partial charge in [-0.1, -0.05) is 25.4 Å². The fourth-order valence-electron chi connectivity index (χ4n) is 1.18. The molecule has 0 bridgehead atoms. The van der Waals surface area contributed by atoms with E-state index < -0.39 is 12.1 Å². The molecule has 0 saturated carbocycles. The van der Waals surface area contributed by atoms with E-state index in [2.05, 4.69) is 4.84 Å². The Morgan fingerprint density at radius 1 is 1.31 bits per heavy atom. The van der Waals surface area contributed by atoms with Gasteiger partial charge in [0.25, 0.3) is 0 Å². The summed E-state index contributed by atoms with van der Waals surface area (Å²) in [6.07, 6.45) is -0.717. The zero-order valence-electron chi connectivity index (χ0n) is 9.14. The van der Waals surface area contributed by atoms with Gasteiger partial charge < -0.3 is 9.57 Å². The Bertz CT molecular complexity index is 351. The molecule has 4 nitrogen and oxygen atoms in total. The Labute approximate surface area is 99.2 Å². The molecular weight excluding hydrogens is 230 g/mol. The maximum atomic E-state index is 11.3. The van der Waals surface area contributed by atoms with E-state index >= 15 is 0 Å². The molecule has 16 heavy (non-hydrogen) atoms. The highest BCUT2D eigenvalue weighted by Gasteiger charge is 2.25. The Kier molecular flexibility index (Phi) is 4.58. The highest BCUT2D eigenvalue weighted by atomic mass is 35.5. The third-order valence-corrected chi connectivity index (χ3v) is 2.28. The molecule has 1 aromatic rings. The van der Waals surface area contributed by atoms with E-state index in [1.54, 1.807) is 24.3 Å². The molecule has 0 saturated heterocycles. The van der Waals surface area contributed by atoms with Crippen LogP contribution in [0.25, 0.3) is 0 Å². The third kappa shape index (κ3) is 3.40. The molecule has 1 rings (SSSR count). The van der Waals surface area contributed by atoms with Crippen molar-refractivity contribution in [3.63, 3.8) is 0 Å². The Morgan fingerprint density at radius 2 is 1.88 bits per heavy atom. The first-order valence-corrected chi connectivity index (χ1v) is 5.25. The van der Waals surface area contributed by atoms with Crippen molar-refractivity contribution in [3.8, 4) is 5.75 Å². The summed E-state index contributed by atoms with van der Waals surface area (Å²) in [6.45, 7) is 3.69. The van der Waals surface area contributed by atoms with Crippen molar-refractivity contribution >= 4 is 17.6 Å². The van der Waals surface area contributed by atoms with E-state index in [-0.39, 0.29) is 5.92 Å². The molecule has 0 aliphatic heterocycles. The normalized spacial score (nSPS) is 12.3. The smallest absolute Gasteiger partial charge is 0.366 e. The number of benzene rings is 1. The van der Waals surface area contributed by atoms with Crippen LogP contribution in [0.3, 0.4) is 0 Å². The van der Waals surface area contributed by atoms with Gasteiger partial charge in [-0.15, -0.1) is 0 Å². The fourth-order valence-corrected chi connectivity index (χ4v) is 1.31. The third-order valence-electron chi connectivity index (χ3n) is 2.03. The second kappa shape index (κ2) is 5.72. The summed E-state index contributed by atoms with van der Waals surface area (Å²) in [5.41, 5.74) is 0. The molecule has 0 spiro atoms. The Morgan fingerprint density at radius 3 is 2.31 bits per heavy atom. The van der Waals surface area contributed by atoms with Crippen molar-refractivity contribution in [1.82, 2.24) is 0 Å². The first kappa shape index (κ1) is 12.8. The number of carbonyl (C=O) groups excluding carboxylic acids is 1. The van der Waals surface area contributed by atoms with E-state index in [1.807, 2.05) is 13.8 Å². The molecule has 1 aromatic carbocycles. The lowest BCUT2D eigenvalue weighted by atomic mass is 10.1. The molecule has 0 amide bonds. The average Bonchev–Trinajstić information content (AvgIpc) is 2.27. The summed E-state index contributed by atoms with van der Waals surface area (Å²) in [7, 11) is 0. The number of hydrogen-bond acceptors (Lipinski definition) is 4. The Hall–Kier alpha value is -1.26. The second-order valence-corrected chi connectivity index (χ2v) is 4.11. The summed E-state index contributed by atoms with van der Waals surface area (Å²) in [4.78, 5) is 15.5. The van der Waals surface area contributed by atoms with Gasteiger partial charge in [0.15, 0.2) is 6.10 Å². The van der Waals surface area contributed by atoms with Crippen LogP contribution < -0.4 is 10.6 Å². The number of hydrogen-bond donors (Lipinski definition) is 1. The van der Waals surface area contributed by atoms with E-state index in [0.717, 1.165) is 0 Å². The SMILES string of the molecule is CC(C)[C@H](Oc1ccc(Cl)cc1)C(=O)ON. The van der Waals surface area contributed by atoms with Crippen LogP contribution in [0.1, 0.15) is 13.8 Å². The first-order chi connectivity index (χ1) is 7.54. The van der Waals surface area contributed by atoms with Crippen LogP contribution >= 0.6 is 11.6 Å². The molecule has 0 aliphatic rings. The van der Waals surface area contributed by atoms with Gasteiger partial charge in [0.1, 0.15) is 5.75 Å². The molecule has 5 heteroatoms. The topological polar surface area (TPSA) is 61.5 Å². The van der Waals surface area contributed by atoms with Crippen molar-refractivity contribution in [3.05, 3.63) is 29.3 Å². The zero-order chi connectivity index (χ0) is 12.1. The minimum absolute atomic E-state index is 0.0354. The van der Waals surface area contributed by atoms with Crippen LogP contribution in [0.15, 0.2) is 24.3 Å². The van der Waals surface area contributed by atoms with Crippen LogP contribution in [0.4, 0.5) is 0 Å². The van der Waals surface area contributed by atoms with Crippen molar-refractivity contribution in [1.29, 1.82) is 0 Å². The summed E-state index contributed by atoms with van der Waals surface area (Å²) in [5, 5.41) is 0.606. The minimum atomic E-state index is -0.717. The Balaban J connectivity index is 2.75. The summed E-state index contributed by atoms with van der Waals surface area (Å²) in [6, 6.07) is 6.73. The maximum Gasteiger partial charge on any atom is 0.366 e. The van der Waals surface area contributed by atoms with Crippen molar-refractivity contribution in [2.75, 3.05) is 0 Å². The van der Waals surface area contributed by atoms with Gasteiger partial charge in [-0.05, 0) is 24.3 Å². The monoisotopic (exact) mass is 243 g/mol. The van der Waals surface area contributed by atoms with Crippen LogP contribution in [0.2, 0.25) is 5.02 Å². The molecule has 0 unspecified atom stereocenters. The van der Waals surface area contributed by atoms with Gasteiger partial charge in [-0.3, -0.25) is 0 Å². The number of nitrogens with two attached hydrogens (primary N) is 1. The lowest BCUT2D eigenvalue weighted by Crippen LogP contribution is -2.35. The van der Waals surface area contributed by atoms with Gasteiger partial charge in [-0.25, -0.2) is 4.79 Å². The molecule has 88 valence electrons. The minimum Gasteiger partial charge on any atom is -0.478 e. The average molecular weight is 244 g/mol. The predicted octanol–water partition coefficient (Wildman–Crippen LogP) is 2.16. The molecule has 0 aliphatic carbocycles. The standard InChI is InChI=1S/C11H14ClNO3/c1-7(2)10(11(14)16-13)15-9-5-3-8(12)4-6-9/h3-7,10H,13H2,1-2H3/t10-/m0/s1. The van der Waals surface area contributed by atoms with E-state index in [9.17, 15) is 4.79 Å². The fraction of sp³-hybridized carbons (Fsp3) is 0.364. The second-order valence-electron chi connectivity index (χ2n) is 3.67. The lowest BCUT2D eigenvalue weighted by Gasteiger charge is -2.19. The molecule has 1 atom stereocenters. The highest BCUT2D eigenvalue weighted by molar-refractivity contribution is 6.30. The van der Waals surface area contributed by atoms with Crippen LogP contribution in [-0.2, 0) is 9.63 Å². The van der Waals surface area contributed by atoms with Crippen LogP contribution in [-0.4, -0.2) is 12.1 Å². The summed E-state index contributed by atoms with van der Waals surface area (Å²) >= 11 is 5.73. The molecule has 2 N–H and O–H groups in total. The van der Waals surface area contributed by atoms with Crippen molar-refractivity contribution in [2.45, 2.75) is 20.0 Å². The van der Waals surface area contributed by atoms with E-state index in [4.69, 9.17) is 22.2 Å². The van der Waals surface area contributed by atoms with Crippen molar-refractivity contribution in [2.24, 2.45) is 11.8 Å². The van der Waals surface area contributed by atoms with Gasteiger partial charge in [-0.2, -0.15) is 5.90 Å². The first-order valence-electron chi connectivity index (χ1n) is 4.87. The molecule has 0 heterocycles. The maximum absolute atomic E-state index is 11.3. The quantitative estimate of drug-likeness (QED) is 0.824. The van der Waals surface area contributed by atoms with Crippen molar-refractivity contribution < 1.29 is 14.4 Å². The van der Waals surface area contributed by atoms with Gasteiger partial charge in [0.2, 0.25) is 0 Å². The number of carbonyl (C=O) groups is 1. The summed E-state index contributed by atoms with van der Waals surface area (Å²) in [5.74, 6) is 4.76. The summed E-state index contributed by atoms with van der Waals surface area (Å²) < 4.78 is 5.47. The number of ether oxygens (including phenoxy) is 1. The largest absolute Gasteiger partial charge is 0.478 e. The number of halogens is 1. The van der Waals surface area contributed by atoms with Crippen LogP contribution in [0, 0.1) is 5.92 Å². The van der Waals surface area contributed by atoms with Gasteiger partial charge in [0, 0.05) is 10.9 Å². The van der Waals surface area contributed by atoms with Gasteiger partial charge >= 0.3 is 5.97 Å².